The molecule has 0 atom stereocenters. The highest BCUT2D eigenvalue weighted by atomic mass is 16.5. The SMILES string of the molecule is C=C/C=C\C(=C/C=C)C(=O)C(C)(C)N1CCOCC1. The summed E-state index contributed by atoms with van der Waals surface area (Å²) in [6.07, 6.45) is 8.58. The van der Waals surface area contributed by atoms with Gasteiger partial charge in [-0.2, -0.15) is 0 Å². The van der Waals surface area contributed by atoms with E-state index in [0.29, 0.717) is 18.8 Å². The van der Waals surface area contributed by atoms with Crippen LogP contribution in [0.4, 0.5) is 0 Å². The van der Waals surface area contributed by atoms with Gasteiger partial charge in [-0.05, 0) is 13.8 Å². The summed E-state index contributed by atoms with van der Waals surface area (Å²) in [6.45, 7) is 14.1. The van der Waals surface area contributed by atoms with E-state index in [1.165, 1.54) is 0 Å². The number of Topliss-reactive ketones (excluding diaryl/α,β-unsaturated/α-hetero) is 1. The zero-order valence-electron chi connectivity index (χ0n) is 11.9. The van der Waals surface area contributed by atoms with Crippen LogP contribution in [0.2, 0.25) is 0 Å². The second-order valence-electron chi connectivity index (χ2n) is 4.94. The van der Waals surface area contributed by atoms with Crippen LogP contribution in [-0.2, 0) is 9.53 Å². The predicted molar refractivity (Wildman–Crippen MR) is 79.1 cm³/mol. The van der Waals surface area contributed by atoms with Gasteiger partial charge in [0.1, 0.15) is 0 Å². The molecule has 0 aromatic rings. The number of hydrogen-bond acceptors (Lipinski definition) is 3. The van der Waals surface area contributed by atoms with E-state index in [-0.39, 0.29) is 5.78 Å². The molecule has 0 radical (unpaired) electrons. The van der Waals surface area contributed by atoms with E-state index >= 15 is 0 Å². The van der Waals surface area contributed by atoms with Crippen LogP contribution in [-0.4, -0.2) is 42.5 Å². The predicted octanol–water partition coefficient (Wildman–Crippen LogP) is 2.52. The van der Waals surface area contributed by atoms with Crippen molar-refractivity contribution in [3.63, 3.8) is 0 Å². The monoisotopic (exact) mass is 261 g/mol. The lowest BCUT2D eigenvalue weighted by Gasteiger charge is -2.39. The van der Waals surface area contributed by atoms with Crippen molar-refractivity contribution in [3.8, 4) is 0 Å². The first-order chi connectivity index (χ1) is 9.04. The molecule has 1 aliphatic rings. The maximum absolute atomic E-state index is 12.7. The van der Waals surface area contributed by atoms with Crippen molar-refractivity contribution in [2.45, 2.75) is 19.4 Å². The molecule has 1 saturated heterocycles. The molecular formula is C16H23NO2. The maximum Gasteiger partial charge on any atom is 0.182 e. The molecule has 19 heavy (non-hydrogen) atoms. The third-order valence-corrected chi connectivity index (χ3v) is 3.33. The van der Waals surface area contributed by atoms with Gasteiger partial charge in [0.15, 0.2) is 5.78 Å². The number of rotatable bonds is 6. The number of carbonyl (C=O) groups excluding carboxylic acids is 1. The summed E-state index contributed by atoms with van der Waals surface area (Å²) in [7, 11) is 0. The largest absolute Gasteiger partial charge is 0.379 e. The summed E-state index contributed by atoms with van der Waals surface area (Å²) in [5.74, 6) is 0.0902. The van der Waals surface area contributed by atoms with Gasteiger partial charge in [0.2, 0.25) is 0 Å². The zero-order valence-corrected chi connectivity index (χ0v) is 11.9. The molecule has 0 amide bonds. The Bertz CT molecular complexity index is 399. The summed E-state index contributed by atoms with van der Waals surface area (Å²) < 4.78 is 5.34. The quantitative estimate of drug-likeness (QED) is 0.543. The average molecular weight is 261 g/mol. The average Bonchev–Trinajstić information content (AvgIpc) is 2.43. The smallest absolute Gasteiger partial charge is 0.182 e. The van der Waals surface area contributed by atoms with Gasteiger partial charge in [0.25, 0.3) is 0 Å². The normalized spacial score (nSPS) is 18.5. The molecule has 0 unspecified atom stereocenters. The molecule has 0 N–H and O–H groups in total. The molecule has 0 aromatic heterocycles. The van der Waals surface area contributed by atoms with Gasteiger partial charge in [-0.15, -0.1) is 0 Å². The standard InChI is InChI=1S/C16H23NO2/c1-5-7-9-14(8-6-2)15(18)16(3,4)17-10-12-19-13-11-17/h5-9H,1-2,10-13H2,3-4H3/b9-7-,14-8+. The van der Waals surface area contributed by atoms with Crippen molar-refractivity contribution >= 4 is 5.78 Å². The van der Waals surface area contributed by atoms with Crippen molar-refractivity contribution in [2.24, 2.45) is 0 Å². The Hall–Kier alpha value is -1.45. The van der Waals surface area contributed by atoms with E-state index in [2.05, 4.69) is 18.1 Å². The van der Waals surface area contributed by atoms with Crippen LogP contribution in [0.3, 0.4) is 0 Å². The molecule has 0 bridgehead atoms. The van der Waals surface area contributed by atoms with Crippen LogP contribution in [0.25, 0.3) is 0 Å². The Kier molecular flexibility index (Phi) is 5.93. The van der Waals surface area contributed by atoms with Crippen LogP contribution in [0.15, 0.2) is 49.1 Å². The van der Waals surface area contributed by atoms with Gasteiger partial charge in [0, 0.05) is 18.7 Å². The van der Waals surface area contributed by atoms with Gasteiger partial charge in [-0.25, -0.2) is 0 Å². The van der Waals surface area contributed by atoms with E-state index in [0.717, 1.165) is 13.1 Å². The number of carbonyl (C=O) groups is 1. The first-order valence-electron chi connectivity index (χ1n) is 6.53. The minimum absolute atomic E-state index is 0.0902. The molecule has 0 aliphatic carbocycles. The van der Waals surface area contributed by atoms with Gasteiger partial charge in [-0.3, -0.25) is 9.69 Å². The number of morpholine rings is 1. The van der Waals surface area contributed by atoms with Crippen LogP contribution >= 0.6 is 0 Å². The maximum atomic E-state index is 12.7. The fourth-order valence-corrected chi connectivity index (χ4v) is 2.12. The van der Waals surface area contributed by atoms with Crippen LogP contribution in [0.1, 0.15) is 13.8 Å². The lowest BCUT2D eigenvalue weighted by molar-refractivity contribution is -0.128. The molecule has 1 heterocycles. The van der Waals surface area contributed by atoms with Crippen LogP contribution in [0.5, 0.6) is 0 Å². The van der Waals surface area contributed by atoms with Crippen LogP contribution < -0.4 is 0 Å². The fourth-order valence-electron chi connectivity index (χ4n) is 2.12. The third-order valence-electron chi connectivity index (χ3n) is 3.33. The number of ether oxygens (including phenoxy) is 1. The molecule has 3 heteroatoms. The molecule has 1 aliphatic heterocycles. The van der Waals surface area contributed by atoms with Crippen molar-refractivity contribution in [2.75, 3.05) is 26.3 Å². The van der Waals surface area contributed by atoms with Crippen molar-refractivity contribution in [1.82, 2.24) is 4.90 Å². The van der Waals surface area contributed by atoms with E-state index < -0.39 is 5.54 Å². The van der Waals surface area contributed by atoms with E-state index in [1.54, 1.807) is 30.4 Å². The Labute approximate surface area is 115 Å². The summed E-state index contributed by atoms with van der Waals surface area (Å²) >= 11 is 0. The van der Waals surface area contributed by atoms with Crippen molar-refractivity contribution in [1.29, 1.82) is 0 Å². The Morgan fingerprint density at radius 3 is 2.37 bits per heavy atom. The summed E-state index contributed by atoms with van der Waals surface area (Å²) in [6, 6.07) is 0. The van der Waals surface area contributed by atoms with Crippen molar-refractivity contribution in [3.05, 3.63) is 49.1 Å². The molecule has 0 saturated carbocycles. The molecule has 1 fully saturated rings. The highest BCUT2D eigenvalue weighted by Crippen LogP contribution is 2.22. The first kappa shape index (κ1) is 15.6. The second-order valence-corrected chi connectivity index (χ2v) is 4.94. The zero-order chi connectivity index (χ0) is 14.3. The number of hydrogen-bond donors (Lipinski definition) is 0. The molecular weight excluding hydrogens is 238 g/mol. The van der Waals surface area contributed by atoms with E-state index in [9.17, 15) is 4.79 Å². The van der Waals surface area contributed by atoms with Gasteiger partial charge < -0.3 is 4.74 Å². The van der Waals surface area contributed by atoms with E-state index in [4.69, 9.17) is 4.74 Å². The summed E-state index contributed by atoms with van der Waals surface area (Å²) in [5, 5.41) is 0. The van der Waals surface area contributed by atoms with Gasteiger partial charge in [0.05, 0.1) is 18.8 Å². The Morgan fingerprint density at radius 1 is 1.21 bits per heavy atom. The number of nitrogens with zero attached hydrogens (tertiary/aromatic N) is 1. The van der Waals surface area contributed by atoms with Crippen molar-refractivity contribution < 1.29 is 9.53 Å². The first-order valence-corrected chi connectivity index (χ1v) is 6.53. The Morgan fingerprint density at radius 2 is 1.84 bits per heavy atom. The molecule has 1 rings (SSSR count). The molecule has 3 nitrogen and oxygen atoms in total. The third kappa shape index (κ3) is 4.01. The second kappa shape index (κ2) is 7.22. The van der Waals surface area contributed by atoms with Crippen LogP contribution in [0, 0.1) is 0 Å². The molecule has 0 aromatic carbocycles. The molecule has 0 spiro atoms. The summed E-state index contributed by atoms with van der Waals surface area (Å²) in [4.78, 5) is 14.8. The lowest BCUT2D eigenvalue weighted by Crippen LogP contribution is -2.54. The Balaban J connectivity index is 2.93. The fraction of sp³-hybridized carbons (Fsp3) is 0.438. The number of ketones is 1. The van der Waals surface area contributed by atoms with Gasteiger partial charge >= 0.3 is 0 Å². The number of allylic oxidation sites excluding steroid dienone is 5. The minimum atomic E-state index is -0.538. The van der Waals surface area contributed by atoms with E-state index in [1.807, 2.05) is 13.8 Å². The minimum Gasteiger partial charge on any atom is -0.379 e. The topological polar surface area (TPSA) is 29.5 Å². The molecule has 104 valence electrons. The highest BCUT2D eigenvalue weighted by molar-refractivity contribution is 6.04. The summed E-state index contributed by atoms with van der Waals surface area (Å²) in [5.41, 5.74) is 0.107. The lowest BCUT2D eigenvalue weighted by atomic mass is 9.90. The van der Waals surface area contributed by atoms with Gasteiger partial charge in [-0.1, -0.05) is 43.5 Å². The highest BCUT2D eigenvalue weighted by Gasteiger charge is 2.36.